The minimum absolute atomic E-state index is 0.228. The number of rotatable bonds is 4. The number of hydrogen-bond donors (Lipinski definition) is 1. The van der Waals surface area contributed by atoms with E-state index in [4.69, 9.17) is 9.63 Å². The molecule has 0 aromatic carbocycles. The minimum Gasteiger partial charge on any atom is -0.475 e. The Labute approximate surface area is 86.5 Å². The Bertz CT molecular complexity index is 397. The average molecular weight is 208 g/mol. The molecule has 15 heavy (non-hydrogen) atoms. The van der Waals surface area contributed by atoms with E-state index in [0.717, 1.165) is 18.3 Å². The van der Waals surface area contributed by atoms with Crippen molar-refractivity contribution in [1.82, 2.24) is 10.1 Å². The van der Waals surface area contributed by atoms with Crippen LogP contribution < -0.4 is 0 Å². The number of carboxylic acids is 1. The molecule has 0 saturated heterocycles. The molecule has 5 heteroatoms. The zero-order valence-electron chi connectivity index (χ0n) is 8.22. The first kappa shape index (κ1) is 8.88. The molecule has 80 valence electrons. The van der Waals surface area contributed by atoms with E-state index in [1.807, 2.05) is 0 Å². The van der Waals surface area contributed by atoms with Gasteiger partial charge in [-0.1, -0.05) is 0 Å². The van der Waals surface area contributed by atoms with Gasteiger partial charge in [0, 0.05) is 6.42 Å². The quantitative estimate of drug-likeness (QED) is 0.808. The molecule has 0 bridgehead atoms. The standard InChI is InChI=1S/C10H12N2O3/c13-10(14)9-11-8(15-12-9)4-6-3-7(6)5-1-2-5/h5-7H,1-4H2,(H,13,14)/t6-,7-/m0/s1. The van der Waals surface area contributed by atoms with Crippen molar-refractivity contribution in [2.24, 2.45) is 17.8 Å². The third-order valence-corrected chi connectivity index (χ3v) is 3.30. The lowest BCUT2D eigenvalue weighted by molar-refractivity contribution is 0.0680. The second-order valence-electron chi connectivity index (χ2n) is 4.52. The monoisotopic (exact) mass is 208 g/mol. The van der Waals surface area contributed by atoms with Crippen LogP contribution in [0.2, 0.25) is 0 Å². The van der Waals surface area contributed by atoms with Gasteiger partial charge in [0.1, 0.15) is 0 Å². The minimum atomic E-state index is -1.13. The number of carboxylic acid groups (broad SMARTS) is 1. The van der Waals surface area contributed by atoms with E-state index in [9.17, 15) is 4.79 Å². The third-order valence-electron chi connectivity index (χ3n) is 3.30. The first-order valence-corrected chi connectivity index (χ1v) is 5.30. The Morgan fingerprint density at radius 1 is 1.53 bits per heavy atom. The summed E-state index contributed by atoms with van der Waals surface area (Å²) in [6.07, 6.45) is 4.73. The molecule has 0 aliphatic heterocycles. The van der Waals surface area contributed by atoms with Gasteiger partial charge in [-0.15, -0.1) is 0 Å². The Morgan fingerprint density at radius 2 is 2.33 bits per heavy atom. The lowest BCUT2D eigenvalue weighted by atomic mass is 10.2. The zero-order valence-corrected chi connectivity index (χ0v) is 8.22. The molecule has 2 fully saturated rings. The number of aromatic carboxylic acids is 1. The maximum Gasteiger partial charge on any atom is 0.377 e. The number of aromatic nitrogens is 2. The highest BCUT2D eigenvalue weighted by Gasteiger charge is 2.47. The maximum atomic E-state index is 10.5. The molecule has 1 aromatic rings. The molecule has 0 spiro atoms. The van der Waals surface area contributed by atoms with E-state index in [2.05, 4.69) is 10.1 Å². The van der Waals surface area contributed by atoms with E-state index >= 15 is 0 Å². The fourth-order valence-electron chi connectivity index (χ4n) is 2.26. The molecule has 1 N–H and O–H groups in total. The second-order valence-corrected chi connectivity index (χ2v) is 4.52. The van der Waals surface area contributed by atoms with Gasteiger partial charge in [0.2, 0.25) is 5.89 Å². The Kier molecular flexibility index (Phi) is 1.81. The van der Waals surface area contributed by atoms with Gasteiger partial charge in [-0.25, -0.2) is 4.79 Å². The van der Waals surface area contributed by atoms with Crippen LogP contribution in [0.15, 0.2) is 4.52 Å². The molecule has 2 atom stereocenters. The summed E-state index contributed by atoms with van der Waals surface area (Å²) in [6.45, 7) is 0. The van der Waals surface area contributed by atoms with Crippen LogP contribution >= 0.6 is 0 Å². The summed E-state index contributed by atoms with van der Waals surface area (Å²) in [6, 6.07) is 0. The van der Waals surface area contributed by atoms with E-state index in [1.165, 1.54) is 19.3 Å². The van der Waals surface area contributed by atoms with Gasteiger partial charge in [-0.2, -0.15) is 4.98 Å². The molecule has 2 aliphatic rings. The SMILES string of the molecule is O=C(O)c1noc(C[C@@H]2C[C@H]2C2CC2)n1. The predicted molar refractivity (Wildman–Crippen MR) is 49.3 cm³/mol. The van der Waals surface area contributed by atoms with Crippen molar-refractivity contribution >= 4 is 5.97 Å². The summed E-state index contributed by atoms with van der Waals surface area (Å²) in [4.78, 5) is 14.3. The lowest BCUT2D eigenvalue weighted by Crippen LogP contribution is -1.99. The Balaban J connectivity index is 1.60. The van der Waals surface area contributed by atoms with Crippen molar-refractivity contribution < 1.29 is 14.4 Å². The van der Waals surface area contributed by atoms with Crippen molar-refractivity contribution in [3.8, 4) is 0 Å². The van der Waals surface area contributed by atoms with Crippen molar-refractivity contribution in [1.29, 1.82) is 0 Å². The number of hydrogen-bond acceptors (Lipinski definition) is 4. The molecular weight excluding hydrogens is 196 g/mol. The molecule has 3 rings (SSSR count). The molecule has 1 aromatic heterocycles. The molecule has 0 unspecified atom stereocenters. The summed E-state index contributed by atoms with van der Waals surface area (Å²) in [5.74, 6) is 1.54. The van der Waals surface area contributed by atoms with Crippen LogP contribution in [0.5, 0.6) is 0 Å². The second kappa shape index (κ2) is 3.05. The fourth-order valence-corrected chi connectivity index (χ4v) is 2.26. The molecule has 0 radical (unpaired) electrons. The highest BCUT2D eigenvalue weighted by atomic mass is 16.5. The molecule has 2 aliphatic carbocycles. The van der Waals surface area contributed by atoms with Crippen molar-refractivity contribution in [3.63, 3.8) is 0 Å². The third kappa shape index (κ3) is 1.73. The highest BCUT2D eigenvalue weighted by Crippen LogP contribution is 2.55. The predicted octanol–water partition coefficient (Wildman–Crippen LogP) is 1.36. The lowest BCUT2D eigenvalue weighted by Gasteiger charge is -1.91. The van der Waals surface area contributed by atoms with Crippen LogP contribution in [0.1, 0.15) is 35.8 Å². The Hall–Kier alpha value is -1.39. The van der Waals surface area contributed by atoms with Crippen LogP contribution in [0.4, 0.5) is 0 Å². The molecule has 2 saturated carbocycles. The zero-order chi connectivity index (χ0) is 10.4. The highest BCUT2D eigenvalue weighted by molar-refractivity contribution is 5.82. The summed E-state index contributed by atoms with van der Waals surface area (Å²) in [7, 11) is 0. The van der Waals surface area contributed by atoms with Crippen LogP contribution in [0, 0.1) is 17.8 Å². The number of nitrogens with zero attached hydrogens (tertiary/aromatic N) is 2. The smallest absolute Gasteiger partial charge is 0.377 e. The van der Waals surface area contributed by atoms with Crippen molar-refractivity contribution in [2.45, 2.75) is 25.7 Å². The molecule has 5 nitrogen and oxygen atoms in total. The van der Waals surface area contributed by atoms with Crippen LogP contribution in [-0.4, -0.2) is 21.2 Å². The van der Waals surface area contributed by atoms with Crippen molar-refractivity contribution in [2.75, 3.05) is 0 Å². The van der Waals surface area contributed by atoms with Gasteiger partial charge in [0.05, 0.1) is 0 Å². The molecular formula is C10H12N2O3. The number of carbonyl (C=O) groups is 1. The largest absolute Gasteiger partial charge is 0.475 e. The van der Waals surface area contributed by atoms with Gasteiger partial charge in [0.15, 0.2) is 0 Å². The van der Waals surface area contributed by atoms with E-state index in [-0.39, 0.29) is 5.82 Å². The van der Waals surface area contributed by atoms with E-state index < -0.39 is 5.97 Å². The first-order chi connectivity index (χ1) is 7.24. The topological polar surface area (TPSA) is 76.2 Å². The summed E-state index contributed by atoms with van der Waals surface area (Å²) in [5, 5.41) is 12.0. The summed E-state index contributed by atoms with van der Waals surface area (Å²) in [5.41, 5.74) is 0. The van der Waals surface area contributed by atoms with Crippen LogP contribution in [-0.2, 0) is 6.42 Å². The maximum absolute atomic E-state index is 10.5. The van der Waals surface area contributed by atoms with E-state index in [0.29, 0.717) is 11.8 Å². The van der Waals surface area contributed by atoms with Crippen molar-refractivity contribution in [3.05, 3.63) is 11.7 Å². The van der Waals surface area contributed by atoms with E-state index in [1.54, 1.807) is 0 Å². The summed E-state index contributed by atoms with van der Waals surface area (Å²) >= 11 is 0. The van der Waals surface area contributed by atoms with Crippen LogP contribution in [0.25, 0.3) is 0 Å². The normalized spacial score (nSPS) is 29.1. The molecule has 1 heterocycles. The van der Waals surface area contributed by atoms with Gasteiger partial charge in [-0.05, 0) is 42.2 Å². The Morgan fingerprint density at radius 3 is 2.93 bits per heavy atom. The van der Waals surface area contributed by atoms with Gasteiger partial charge in [0.25, 0.3) is 5.82 Å². The van der Waals surface area contributed by atoms with Gasteiger partial charge >= 0.3 is 5.97 Å². The average Bonchev–Trinajstić information content (AvgIpc) is 3.04. The van der Waals surface area contributed by atoms with Crippen LogP contribution in [0.3, 0.4) is 0 Å². The first-order valence-electron chi connectivity index (χ1n) is 5.30. The van der Waals surface area contributed by atoms with Gasteiger partial charge < -0.3 is 9.63 Å². The summed E-state index contributed by atoms with van der Waals surface area (Å²) < 4.78 is 4.88. The fraction of sp³-hybridized carbons (Fsp3) is 0.700. The van der Waals surface area contributed by atoms with Gasteiger partial charge in [-0.3, -0.25) is 0 Å². The molecule has 0 amide bonds.